The van der Waals surface area contributed by atoms with Crippen molar-refractivity contribution in [3.8, 4) is 0 Å². The van der Waals surface area contributed by atoms with Crippen LogP contribution in [0.2, 0.25) is 0 Å². The minimum Gasteiger partial charge on any atom is -0.406 e. The van der Waals surface area contributed by atoms with Crippen LogP contribution in [0, 0.1) is 6.92 Å². The Morgan fingerprint density at radius 3 is 2.84 bits per heavy atom. The van der Waals surface area contributed by atoms with Crippen molar-refractivity contribution in [1.29, 1.82) is 0 Å². The first-order valence-corrected chi connectivity index (χ1v) is 9.17. The highest BCUT2D eigenvalue weighted by Crippen LogP contribution is 2.22. The Kier molecular flexibility index (Phi) is 4.91. The molecule has 25 heavy (non-hydrogen) atoms. The van der Waals surface area contributed by atoms with Crippen LogP contribution >= 0.6 is 22.7 Å². The van der Waals surface area contributed by atoms with E-state index < -0.39 is 17.6 Å². The lowest BCUT2D eigenvalue weighted by Gasteiger charge is -2.10. The summed E-state index contributed by atoms with van der Waals surface area (Å²) in [6.45, 7) is 3.47. The summed E-state index contributed by atoms with van der Waals surface area (Å²) in [6, 6.07) is 2.85. The SMILES string of the molecule is Cc1csc2nc(C(C)NC(=O)C=CC(=O)c3cccs3)oc(=O)c12. The van der Waals surface area contributed by atoms with E-state index in [1.807, 2.05) is 12.3 Å². The fraction of sp³-hybridized carbons (Fsp3) is 0.176. The Morgan fingerprint density at radius 1 is 1.32 bits per heavy atom. The highest BCUT2D eigenvalue weighted by molar-refractivity contribution is 7.16. The second-order valence-electron chi connectivity index (χ2n) is 5.34. The largest absolute Gasteiger partial charge is 0.406 e. The van der Waals surface area contributed by atoms with Crippen LogP contribution in [0.4, 0.5) is 0 Å². The Labute approximate surface area is 150 Å². The van der Waals surface area contributed by atoms with Crippen LogP contribution in [0.25, 0.3) is 10.2 Å². The number of rotatable bonds is 5. The highest BCUT2D eigenvalue weighted by atomic mass is 32.1. The molecule has 0 aliphatic rings. The molecule has 1 unspecified atom stereocenters. The second-order valence-corrected chi connectivity index (χ2v) is 7.15. The lowest BCUT2D eigenvalue weighted by molar-refractivity contribution is -0.117. The van der Waals surface area contributed by atoms with Gasteiger partial charge in [-0.15, -0.1) is 22.7 Å². The van der Waals surface area contributed by atoms with Gasteiger partial charge >= 0.3 is 5.63 Å². The summed E-state index contributed by atoms with van der Waals surface area (Å²) in [4.78, 5) is 41.3. The molecule has 3 aromatic heterocycles. The van der Waals surface area contributed by atoms with Gasteiger partial charge in [-0.25, -0.2) is 9.78 Å². The lowest BCUT2D eigenvalue weighted by Crippen LogP contribution is -2.26. The maximum atomic E-state index is 12.0. The van der Waals surface area contributed by atoms with Gasteiger partial charge in [-0.1, -0.05) is 6.07 Å². The van der Waals surface area contributed by atoms with Crippen molar-refractivity contribution in [2.24, 2.45) is 0 Å². The van der Waals surface area contributed by atoms with Crippen LogP contribution in [0.3, 0.4) is 0 Å². The van der Waals surface area contributed by atoms with Gasteiger partial charge in [0, 0.05) is 6.08 Å². The molecule has 0 saturated carbocycles. The van der Waals surface area contributed by atoms with Crippen LogP contribution in [0.1, 0.15) is 34.1 Å². The van der Waals surface area contributed by atoms with Crippen molar-refractivity contribution in [2.75, 3.05) is 0 Å². The number of nitrogens with zero attached hydrogens (tertiary/aromatic N) is 1. The average Bonchev–Trinajstić information content (AvgIpc) is 3.23. The van der Waals surface area contributed by atoms with E-state index in [0.29, 0.717) is 15.1 Å². The van der Waals surface area contributed by atoms with Gasteiger partial charge in [-0.2, -0.15) is 0 Å². The lowest BCUT2D eigenvalue weighted by atomic mass is 10.2. The number of allylic oxidation sites excluding steroid dienone is 1. The van der Waals surface area contributed by atoms with E-state index in [9.17, 15) is 14.4 Å². The molecule has 0 fully saturated rings. The molecule has 0 bridgehead atoms. The number of carbonyl (C=O) groups excluding carboxylic acids is 2. The minimum absolute atomic E-state index is 0.130. The smallest absolute Gasteiger partial charge is 0.348 e. The van der Waals surface area contributed by atoms with E-state index >= 15 is 0 Å². The normalized spacial score (nSPS) is 12.6. The molecular formula is C17H14N2O4S2. The van der Waals surface area contributed by atoms with Gasteiger partial charge in [-0.05, 0) is 42.3 Å². The summed E-state index contributed by atoms with van der Waals surface area (Å²) in [5.74, 6) is -0.576. The number of aromatic nitrogens is 1. The van der Waals surface area contributed by atoms with Crippen molar-refractivity contribution in [1.82, 2.24) is 10.3 Å². The fourth-order valence-corrected chi connectivity index (χ4v) is 3.75. The average molecular weight is 374 g/mol. The molecular weight excluding hydrogens is 360 g/mol. The first-order valence-electron chi connectivity index (χ1n) is 7.41. The van der Waals surface area contributed by atoms with Gasteiger partial charge in [0.15, 0.2) is 5.78 Å². The van der Waals surface area contributed by atoms with Gasteiger partial charge in [0.1, 0.15) is 10.9 Å². The molecule has 0 saturated heterocycles. The number of nitrogens with one attached hydrogen (secondary N) is 1. The van der Waals surface area contributed by atoms with Crippen LogP contribution in [-0.4, -0.2) is 16.7 Å². The number of ketones is 1. The van der Waals surface area contributed by atoms with E-state index in [-0.39, 0.29) is 11.7 Å². The minimum atomic E-state index is -0.603. The van der Waals surface area contributed by atoms with E-state index in [4.69, 9.17) is 4.42 Å². The Bertz CT molecular complexity index is 1020. The molecule has 3 heterocycles. The van der Waals surface area contributed by atoms with Gasteiger partial charge in [0.25, 0.3) is 0 Å². The molecule has 0 aliphatic heterocycles. The molecule has 3 aromatic rings. The maximum Gasteiger partial charge on any atom is 0.348 e. The van der Waals surface area contributed by atoms with E-state index in [2.05, 4.69) is 10.3 Å². The summed E-state index contributed by atoms with van der Waals surface area (Å²) in [5, 5.41) is 6.72. The van der Waals surface area contributed by atoms with Crippen LogP contribution in [-0.2, 0) is 4.79 Å². The number of carbonyl (C=O) groups is 2. The molecule has 1 atom stereocenters. The quantitative estimate of drug-likeness (QED) is 0.547. The van der Waals surface area contributed by atoms with Gasteiger partial charge in [-0.3, -0.25) is 9.59 Å². The van der Waals surface area contributed by atoms with Crippen LogP contribution in [0.15, 0.2) is 44.3 Å². The molecule has 0 spiro atoms. The van der Waals surface area contributed by atoms with Crippen molar-refractivity contribution >= 4 is 44.6 Å². The summed E-state index contributed by atoms with van der Waals surface area (Å²) in [7, 11) is 0. The maximum absolute atomic E-state index is 12.0. The third-order valence-electron chi connectivity index (χ3n) is 3.45. The first-order chi connectivity index (χ1) is 12.0. The standard InChI is InChI=1S/C17H14N2O4S2/c1-9-8-25-16-14(9)17(22)23-15(19-16)10(2)18-13(21)6-5-11(20)12-4-3-7-24-12/h3-8,10H,1-2H3,(H,18,21). The number of amides is 1. The second kappa shape index (κ2) is 7.12. The predicted molar refractivity (Wildman–Crippen MR) is 97.2 cm³/mol. The third-order valence-corrected chi connectivity index (χ3v) is 5.32. The van der Waals surface area contributed by atoms with Gasteiger partial charge in [0.2, 0.25) is 11.8 Å². The van der Waals surface area contributed by atoms with E-state index in [1.54, 1.807) is 24.4 Å². The zero-order valence-corrected chi connectivity index (χ0v) is 15.1. The van der Waals surface area contributed by atoms with Crippen molar-refractivity contribution in [2.45, 2.75) is 19.9 Å². The van der Waals surface area contributed by atoms with Crippen molar-refractivity contribution in [3.05, 3.63) is 61.8 Å². The molecule has 128 valence electrons. The third kappa shape index (κ3) is 3.75. The summed E-state index contributed by atoms with van der Waals surface area (Å²) >= 11 is 2.66. The Balaban J connectivity index is 1.71. The fourth-order valence-electron chi connectivity index (χ4n) is 2.19. The van der Waals surface area contributed by atoms with E-state index in [0.717, 1.165) is 11.6 Å². The van der Waals surface area contributed by atoms with Gasteiger partial charge < -0.3 is 9.73 Å². The molecule has 8 heteroatoms. The van der Waals surface area contributed by atoms with Crippen LogP contribution < -0.4 is 10.9 Å². The molecule has 6 nitrogen and oxygen atoms in total. The Hall–Kier alpha value is -2.58. The van der Waals surface area contributed by atoms with E-state index in [1.165, 1.54) is 28.7 Å². The zero-order chi connectivity index (χ0) is 18.0. The number of hydrogen-bond acceptors (Lipinski definition) is 7. The summed E-state index contributed by atoms with van der Waals surface area (Å²) in [6.07, 6.45) is 2.37. The topological polar surface area (TPSA) is 89.3 Å². The molecule has 0 aromatic carbocycles. The van der Waals surface area contributed by atoms with Gasteiger partial charge in [0.05, 0.1) is 10.3 Å². The number of aryl methyl sites for hydroxylation is 1. The molecule has 1 N–H and O–H groups in total. The number of thiophene rings is 2. The first kappa shape index (κ1) is 17.2. The highest BCUT2D eigenvalue weighted by Gasteiger charge is 2.17. The molecule has 0 aliphatic carbocycles. The van der Waals surface area contributed by atoms with Crippen LogP contribution in [0.5, 0.6) is 0 Å². The molecule has 1 amide bonds. The molecule has 3 rings (SSSR count). The zero-order valence-electron chi connectivity index (χ0n) is 13.4. The number of hydrogen-bond donors (Lipinski definition) is 1. The van der Waals surface area contributed by atoms with Crippen molar-refractivity contribution < 1.29 is 14.0 Å². The predicted octanol–water partition coefficient (Wildman–Crippen LogP) is 3.24. The Morgan fingerprint density at radius 2 is 2.12 bits per heavy atom. The molecule has 0 radical (unpaired) electrons. The van der Waals surface area contributed by atoms with Crippen molar-refractivity contribution in [3.63, 3.8) is 0 Å². The summed E-state index contributed by atoms with van der Waals surface area (Å²) < 4.78 is 5.21. The number of fused-ring (bicyclic) bond motifs is 1. The summed E-state index contributed by atoms with van der Waals surface area (Å²) in [5.41, 5.74) is 0.350. The monoisotopic (exact) mass is 374 g/mol.